The van der Waals surface area contributed by atoms with Gasteiger partial charge in [-0.3, -0.25) is 9.69 Å². The van der Waals surface area contributed by atoms with Crippen molar-refractivity contribution < 1.29 is 33.0 Å². The van der Waals surface area contributed by atoms with Crippen molar-refractivity contribution in [2.45, 2.75) is 32.9 Å². The summed E-state index contributed by atoms with van der Waals surface area (Å²) in [5.74, 6) is 0.203. The maximum absolute atomic E-state index is 12.9. The molecule has 1 N–H and O–H groups in total. The van der Waals surface area contributed by atoms with Gasteiger partial charge in [0.1, 0.15) is 11.5 Å². The monoisotopic (exact) mass is 454 g/mol. The highest BCUT2D eigenvalue weighted by molar-refractivity contribution is 6.13. The van der Waals surface area contributed by atoms with E-state index in [2.05, 4.69) is 16.6 Å². The number of nitrogens with zero attached hydrogens (tertiary/aromatic N) is 1. The van der Waals surface area contributed by atoms with E-state index >= 15 is 0 Å². The van der Waals surface area contributed by atoms with Crippen LogP contribution in [0.5, 0.6) is 11.5 Å². The van der Waals surface area contributed by atoms with Crippen molar-refractivity contribution in [1.29, 1.82) is 0 Å². The Morgan fingerprint density at radius 3 is 2.64 bits per heavy atom. The smallest absolute Gasteiger partial charge is 0.373 e. The molecule has 3 amide bonds. The molecule has 174 valence electrons. The van der Waals surface area contributed by atoms with Crippen LogP contribution in [0.2, 0.25) is 0 Å². The van der Waals surface area contributed by atoms with Gasteiger partial charge in [-0.1, -0.05) is 6.08 Å². The van der Waals surface area contributed by atoms with Gasteiger partial charge in [-0.2, -0.15) is 0 Å². The predicted octanol–water partition coefficient (Wildman–Crippen LogP) is 3.68. The van der Waals surface area contributed by atoms with Crippen LogP contribution in [-0.4, -0.2) is 43.1 Å². The Morgan fingerprint density at radius 2 is 2.00 bits per heavy atom. The molecular weight excluding hydrogens is 428 g/mol. The lowest BCUT2D eigenvalue weighted by Gasteiger charge is -2.18. The van der Waals surface area contributed by atoms with E-state index in [0.717, 1.165) is 10.5 Å². The topological polar surface area (TPSA) is 107 Å². The maximum atomic E-state index is 12.9. The summed E-state index contributed by atoms with van der Waals surface area (Å²) in [4.78, 5) is 37.8. The zero-order valence-corrected chi connectivity index (χ0v) is 19.0. The van der Waals surface area contributed by atoms with E-state index in [1.54, 1.807) is 18.2 Å². The molecule has 2 heterocycles. The van der Waals surface area contributed by atoms with E-state index in [0.29, 0.717) is 23.5 Å². The lowest BCUT2D eigenvalue weighted by atomic mass is 10.0. The summed E-state index contributed by atoms with van der Waals surface area (Å²) in [7, 11) is 2.77. The lowest BCUT2D eigenvalue weighted by Crippen LogP contribution is -2.30. The first-order valence-corrected chi connectivity index (χ1v) is 10.3. The third-order valence-electron chi connectivity index (χ3n) is 4.73. The standard InChI is InChI=1S/C24H26N2O7/c1-6-7-16-10-15(12-20(30-4)21(16)32-14(2)3)11-18-22(27)26(24(29)25-18)13-17-8-9-19(33-17)23(28)31-5/h6,8-12,14H,1,7,13H2,2-5H3,(H,25,29). The molecule has 1 saturated heterocycles. The first-order valence-electron chi connectivity index (χ1n) is 10.3. The quantitative estimate of drug-likeness (QED) is 0.267. The normalized spacial score (nSPS) is 14.6. The molecule has 9 nitrogen and oxygen atoms in total. The number of rotatable bonds is 9. The second-order valence-electron chi connectivity index (χ2n) is 7.51. The summed E-state index contributed by atoms with van der Waals surface area (Å²) >= 11 is 0. The SMILES string of the molecule is C=CCc1cc(C=C2NC(=O)N(Cc3ccc(C(=O)OC)o3)C2=O)cc(OC)c1OC(C)C. The number of nitrogens with one attached hydrogen (secondary N) is 1. The van der Waals surface area contributed by atoms with Crippen LogP contribution in [0.4, 0.5) is 4.79 Å². The van der Waals surface area contributed by atoms with E-state index in [4.69, 9.17) is 13.9 Å². The number of ether oxygens (including phenoxy) is 3. The number of furan rings is 1. The van der Waals surface area contributed by atoms with E-state index in [1.165, 1.54) is 26.4 Å². The van der Waals surface area contributed by atoms with Crippen molar-refractivity contribution in [3.8, 4) is 11.5 Å². The molecule has 1 aromatic carbocycles. The van der Waals surface area contributed by atoms with Crippen molar-refractivity contribution in [3.63, 3.8) is 0 Å². The van der Waals surface area contributed by atoms with E-state index in [1.807, 2.05) is 19.9 Å². The first-order chi connectivity index (χ1) is 15.8. The molecule has 1 aliphatic rings. The number of esters is 1. The number of methoxy groups -OCH3 is 2. The van der Waals surface area contributed by atoms with Crippen molar-refractivity contribution in [2.24, 2.45) is 0 Å². The minimum Gasteiger partial charge on any atom is -0.493 e. The fourth-order valence-corrected chi connectivity index (χ4v) is 3.31. The van der Waals surface area contributed by atoms with Gasteiger partial charge in [-0.25, -0.2) is 9.59 Å². The minimum absolute atomic E-state index is 0.0131. The summed E-state index contributed by atoms with van der Waals surface area (Å²) < 4.78 is 21.4. The van der Waals surface area contributed by atoms with Crippen molar-refractivity contribution in [3.05, 3.63) is 65.3 Å². The van der Waals surface area contributed by atoms with E-state index in [9.17, 15) is 14.4 Å². The van der Waals surface area contributed by atoms with Gasteiger partial charge < -0.3 is 23.9 Å². The summed E-state index contributed by atoms with van der Waals surface area (Å²) in [6.45, 7) is 7.49. The summed E-state index contributed by atoms with van der Waals surface area (Å²) in [5, 5.41) is 2.57. The van der Waals surface area contributed by atoms with Crippen LogP contribution in [0, 0.1) is 0 Å². The molecule has 33 heavy (non-hydrogen) atoms. The number of carbonyl (C=O) groups excluding carboxylic acids is 3. The lowest BCUT2D eigenvalue weighted by molar-refractivity contribution is -0.123. The van der Waals surface area contributed by atoms with Gasteiger partial charge in [-0.05, 0) is 56.2 Å². The van der Waals surface area contributed by atoms with Crippen molar-refractivity contribution in [1.82, 2.24) is 10.2 Å². The molecule has 0 saturated carbocycles. The van der Waals surface area contributed by atoms with Crippen molar-refractivity contribution in [2.75, 3.05) is 14.2 Å². The number of urea groups is 1. The minimum atomic E-state index is -0.645. The number of carbonyl (C=O) groups is 3. The molecule has 0 atom stereocenters. The number of amides is 3. The molecule has 1 aliphatic heterocycles. The van der Waals surface area contributed by atoms with Gasteiger partial charge in [0.25, 0.3) is 5.91 Å². The fourth-order valence-electron chi connectivity index (χ4n) is 3.31. The second kappa shape index (κ2) is 10.1. The Morgan fingerprint density at radius 1 is 1.24 bits per heavy atom. The zero-order valence-electron chi connectivity index (χ0n) is 19.0. The zero-order chi connectivity index (χ0) is 24.1. The van der Waals surface area contributed by atoms with Crippen LogP contribution in [0.15, 0.2) is 47.0 Å². The fraction of sp³-hybridized carbons (Fsp3) is 0.292. The molecule has 0 aliphatic carbocycles. The van der Waals surface area contributed by atoms with Crippen LogP contribution in [-0.2, 0) is 22.5 Å². The highest BCUT2D eigenvalue weighted by atomic mass is 16.5. The van der Waals surface area contributed by atoms with Crippen LogP contribution < -0.4 is 14.8 Å². The van der Waals surface area contributed by atoms with Crippen LogP contribution in [0.25, 0.3) is 6.08 Å². The Kier molecular flexibility index (Phi) is 7.22. The highest BCUT2D eigenvalue weighted by Gasteiger charge is 2.34. The van der Waals surface area contributed by atoms with Gasteiger partial charge in [0, 0.05) is 5.56 Å². The molecule has 9 heteroatoms. The second-order valence-corrected chi connectivity index (χ2v) is 7.51. The Hall–Kier alpha value is -4.01. The summed E-state index contributed by atoms with van der Waals surface area (Å²) in [6.07, 6.45) is 3.78. The molecule has 0 spiro atoms. The van der Waals surface area contributed by atoms with Gasteiger partial charge in [0.2, 0.25) is 5.76 Å². The number of allylic oxidation sites excluding steroid dienone is 1. The number of hydrogen-bond donors (Lipinski definition) is 1. The van der Waals surface area contributed by atoms with Gasteiger partial charge >= 0.3 is 12.0 Å². The van der Waals surface area contributed by atoms with Crippen LogP contribution in [0.1, 0.15) is 41.3 Å². The Bertz CT molecular complexity index is 1110. The molecule has 1 fully saturated rings. The third-order valence-corrected chi connectivity index (χ3v) is 4.73. The summed E-state index contributed by atoms with van der Waals surface area (Å²) in [6, 6.07) is 5.92. The van der Waals surface area contributed by atoms with Gasteiger partial charge in [-0.15, -0.1) is 6.58 Å². The molecule has 0 radical (unpaired) electrons. The predicted molar refractivity (Wildman–Crippen MR) is 120 cm³/mol. The number of hydrogen-bond acceptors (Lipinski definition) is 7. The average Bonchev–Trinajstić information content (AvgIpc) is 3.35. The van der Waals surface area contributed by atoms with Gasteiger partial charge in [0.15, 0.2) is 11.5 Å². The Labute approximate surface area is 191 Å². The Balaban J connectivity index is 1.87. The largest absolute Gasteiger partial charge is 0.493 e. The number of imide groups is 1. The van der Waals surface area contributed by atoms with Gasteiger partial charge in [0.05, 0.1) is 26.9 Å². The highest BCUT2D eigenvalue weighted by Crippen LogP contribution is 2.35. The van der Waals surface area contributed by atoms with Crippen LogP contribution in [0.3, 0.4) is 0 Å². The molecule has 1 aromatic heterocycles. The maximum Gasteiger partial charge on any atom is 0.373 e. The molecule has 3 rings (SSSR count). The molecular formula is C24H26N2O7. The molecule has 0 unspecified atom stereocenters. The number of benzene rings is 1. The van der Waals surface area contributed by atoms with Crippen LogP contribution >= 0.6 is 0 Å². The van der Waals surface area contributed by atoms with E-state index in [-0.39, 0.29) is 29.9 Å². The first kappa shape index (κ1) is 23.6. The third kappa shape index (κ3) is 5.25. The average molecular weight is 454 g/mol. The summed E-state index contributed by atoms with van der Waals surface area (Å²) in [5.41, 5.74) is 1.59. The molecule has 0 bridgehead atoms. The van der Waals surface area contributed by atoms with E-state index < -0.39 is 17.9 Å². The van der Waals surface area contributed by atoms with Crippen molar-refractivity contribution >= 4 is 24.0 Å². The molecule has 2 aromatic rings.